The van der Waals surface area contributed by atoms with Crippen molar-refractivity contribution in [2.24, 2.45) is 0 Å². The Labute approximate surface area is 580 Å². The first kappa shape index (κ1) is 88.3. The summed E-state index contributed by atoms with van der Waals surface area (Å²) in [6.45, 7) is 2.72. The van der Waals surface area contributed by atoms with E-state index in [9.17, 15) is 45.6 Å². The SMILES string of the molecule is CC/C=C\C/C=C\C/C=C\C/C=C\C/C=C\C/C=C\CCCCCCCCCCCCCCCCCCCCCCCCC(=O)NC(COC1OC(CO)C(OC2OC(CO)C(O)C(O)C2O)C(O)C1O)C(O)/C=C/CCCCCCCCCCCCCCCCCCCC. The van der Waals surface area contributed by atoms with Gasteiger partial charge < -0.3 is 65.1 Å². The molecule has 0 aliphatic carbocycles. The second-order valence-electron chi connectivity index (χ2n) is 27.5. The average Bonchev–Trinajstić information content (AvgIpc) is 0.897. The number of nitrogens with one attached hydrogen (secondary N) is 1. The van der Waals surface area contributed by atoms with Crippen LogP contribution in [-0.4, -0.2) is 140 Å². The molecule has 2 fully saturated rings. The van der Waals surface area contributed by atoms with E-state index < -0.39 is 86.8 Å². The summed E-state index contributed by atoms with van der Waals surface area (Å²) in [5.41, 5.74) is 0. The van der Waals surface area contributed by atoms with Crippen molar-refractivity contribution in [2.45, 2.75) is 402 Å². The lowest BCUT2D eigenvalue weighted by Crippen LogP contribution is -2.65. The van der Waals surface area contributed by atoms with Crippen molar-refractivity contribution in [1.29, 1.82) is 0 Å². The number of aliphatic hydroxyl groups is 8. The van der Waals surface area contributed by atoms with E-state index in [1.165, 1.54) is 225 Å². The van der Waals surface area contributed by atoms with Gasteiger partial charge in [0, 0.05) is 6.42 Å². The minimum atomic E-state index is -1.79. The predicted octanol–water partition coefficient (Wildman–Crippen LogP) is 17.5. The van der Waals surface area contributed by atoms with Crippen molar-refractivity contribution in [3.63, 3.8) is 0 Å². The molecule has 2 aliphatic heterocycles. The van der Waals surface area contributed by atoms with Gasteiger partial charge >= 0.3 is 0 Å². The van der Waals surface area contributed by atoms with Gasteiger partial charge in [-0.15, -0.1) is 0 Å². The van der Waals surface area contributed by atoms with E-state index in [2.05, 4.69) is 92.1 Å². The van der Waals surface area contributed by atoms with Crippen LogP contribution in [0.4, 0.5) is 0 Å². The third kappa shape index (κ3) is 47.8. The molecular formula is C81H145NO13. The molecule has 552 valence electrons. The molecule has 0 bridgehead atoms. The maximum absolute atomic E-state index is 13.4. The molecule has 12 unspecified atom stereocenters. The third-order valence-corrected chi connectivity index (χ3v) is 18.8. The maximum atomic E-state index is 13.4. The van der Waals surface area contributed by atoms with Crippen molar-refractivity contribution in [3.05, 3.63) is 85.1 Å². The number of carbonyl (C=O) groups is 1. The Kier molecular flexibility index (Phi) is 60.0. The summed E-state index contributed by atoms with van der Waals surface area (Å²) in [5, 5.41) is 87.6. The lowest BCUT2D eigenvalue weighted by molar-refractivity contribution is -0.359. The molecule has 2 rings (SSSR count). The number of amides is 1. The first-order valence-corrected chi connectivity index (χ1v) is 39.3. The normalized spacial score (nSPS) is 22.8. The van der Waals surface area contributed by atoms with Gasteiger partial charge in [0.2, 0.25) is 5.91 Å². The molecule has 0 aromatic rings. The van der Waals surface area contributed by atoms with Gasteiger partial charge in [0.1, 0.15) is 48.8 Å². The van der Waals surface area contributed by atoms with Crippen LogP contribution in [-0.2, 0) is 23.7 Å². The Morgan fingerprint density at radius 2 is 0.726 bits per heavy atom. The minimum absolute atomic E-state index is 0.235. The topological polar surface area (TPSA) is 228 Å². The molecule has 2 aliphatic rings. The monoisotopic (exact) mass is 1340 g/mol. The number of carbonyl (C=O) groups excluding carboxylic acids is 1. The van der Waals surface area contributed by atoms with Crippen molar-refractivity contribution in [2.75, 3.05) is 19.8 Å². The summed E-state index contributed by atoms with van der Waals surface area (Å²) in [5.74, 6) is -0.235. The van der Waals surface area contributed by atoms with Gasteiger partial charge in [-0.05, 0) is 70.6 Å². The van der Waals surface area contributed by atoms with E-state index >= 15 is 0 Å². The number of ether oxygens (including phenoxy) is 4. The van der Waals surface area contributed by atoms with E-state index in [1.807, 2.05) is 6.08 Å². The number of aliphatic hydroxyl groups excluding tert-OH is 8. The molecule has 95 heavy (non-hydrogen) atoms. The summed E-state index contributed by atoms with van der Waals surface area (Å²) in [4.78, 5) is 13.4. The van der Waals surface area contributed by atoms with E-state index in [0.717, 1.165) is 77.0 Å². The fourth-order valence-corrected chi connectivity index (χ4v) is 12.7. The highest BCUT2D eigenvalue weighted by atomic mass is 16.7. The van der Waals surface area contributed by atoms with Crippen molar-refractivity contribution >= 4 is 5.91 Å². The quantitative estimate of drug-likeness (QED) is 0.0204. The van der Waals surface area contributed by atoms with Crippen LogP contribution in [0, 0.1) is 0 Å². The van der Waals surface area contributed by atoms with Gasteiger partial charge in [-0.25, -0.2) is 0 Å². The van der Waals surface area contributed by atoms with Gasteiger partial charge in [-0.1, -0.05) is 336 Å². The number of allylic oxidation sites excluding steroid dienone is 13. The summed E-state index contributed by atoms with van der Waals surface area (Å²) in [6, 6.07) is -0.917. The van der Waals surface area contributed by atoms with E-state index in [1.54, 1.807) is 6.08 Å². The standard InChI is InChI=1S/C81H145NO13/c1-3-5-7-9-11-13-15-17-19-21-23-25-26-27-28-29-30-31-32-33-34-35-36-37-38-39-40-41-42-43-44-45-47-49-51-53-55-57-59-61-63-65-73(86)82-69(70(85)64-62-60-58-56-54-52-50-48-46-24-22-20-18-16-14-12-10-8-6-4-2)68-92-80-78(91)76(89)79(72(67-84)94-80)95-81-77(90)75(88)74(87)71(66-83)93-81/h5,7,11,13,17,19,23,25,27-28,30-31,62,64,69-72,74-81,83-85,87-91H,3-4,6,8-10,12,14-16,18,20-22,24,26,29,32-61,63,65-68H2,1-2H3,(H,82,86)/b7-5-,13-11-,19-17-,25-23-,28-27-,31-30-,64-62+. The van der Waals surface area contributed by atoms with Crippen LogP contribution in [0.25, 0.3) is 0 Å². The van der Waals surface area contributed by atoms with Crippen LogP contribution in [0.1, 0.15) is 328 Å². The zero-order chi connectivity index (χ0) is 68.7. The van der Waals surface area contributed by atoms with Gasteiger partial charge in [-0.3, -0.25) is 4.79 Å². The van der Waals surface area contributed by atoms with Crippen molar-refractivity contribution in [1.82, 2.24) is 5.32 Å². The molecule has 14 heteroatoms. The lowest BCUT2D eigenvalue weighted by Gasteiger charge is -2.46. The summed E-state index contributed by atoms with van der Waals surface area (Å²) in [7, 11) is 0. The smallest absolute Gasteiger partial charge is 0.220 e. The Hall–Kier alpha value is -2.83. The summed E-state index contributed by atoms with van der Waals surface area (Å²) in [6.07, 6.45) is 73.8. The van der Waals surface area contributed by atoms with E-state index in [-0.39, 0.29) is 18.9 Å². The molecular weight excluding hydrogens is 1190 g/mol. The molecule has 1 amide bonds. The fraction of sp³-hybridized carbons (Fsp3) is 0.815. The molecule has 0 spiro atoms. The third-order valence-electron chi connectivity index (χ3n) is 18.8. The highest BCUT2D eigenvalue weighted by Crippen LogP contribution is 2.30. The summed E-state index contributed by atoms with van der Waals surface area (Å²) >= 11 is 0. The molecule has 2 saturated heterocycles. The molecule has 0 radical (unpaired) electrons. The highest BCUT2D eigenvalue weighted by Gasteiger charge is 2.51. The first-order chi connectivity index (χ1) is 46.6. The lowest BCUT2D eigenvalue weighted by atomic mass is 9.97. The van der Waals surface area contributed by atoms with Gasteiger partial charge in [0.25, 0.3) is 0 Å². The van der Waals surface area contributed by atoms with E-state index in [4.69, 9.17) is 18.9 Å². The van der Waals surface area contributed by atoms with Crippen LogP contribution in [0.15, 0.2) is 85.1 Å². The average molecular weight is 1340 g/mol. The number of hydrogen-bond acceptors (Lipinski definition) is 13. The molecule has 0 aromatic heterocycles. The molecule has 0 saturated carbocycles. The predicted molar refractivity (Wildman–Crippen MR) is 392 cm³/mol. The number of rotatable bonds is 65. The van der Waals surface area contributed by atoms with Crippen LogP contribution in [0.5, 0.6) is 0 Å². The molecule has 12 atom stereocenters. The van der Waals surface area contributed by atoms with Crippen LogP contribution >= 0.6 is 0 Å². The first-order valence-electron chi connectivity index (χ1n) is 39.3. The van der Waals surface area contributed by atoms with Crippen molar-refractivity contribution < 1.29 is 64.6 Å². The minimum Gasteiger partial charge on any atom is -0.394 e. The van der Waals surface area contributed by atoms with Gasteiger partial charge in [0.05, 0.1) is 32.0 Å². The van der Waals surface area contributed by atoms with Crippen LogP contribution in [0.3, 0.4) is 0 Å². The summed E-state index contributed by atoms with van der Waals surface area (Å²) < 4.78 is 22.9. The molecule has 2 heterocycles. The largest absolute Gasteiger partial charge is 0.394 e. The van der Waals surface area contributed by atoms with Gasteiger partial charge in [-0.2, -0.15) is 0 Å². The number of hydrogen-bond donors (Lipinski definition) is 9. The molecule has 9 N–H and O–H groups in total. The van der Waals surface area contributed by atoms with Gasteiger partial charge in [0.15, 0.2) is 12.6 Å². The second kappa shape index (κ2) is 64.5. The maximum Gasteiger partial charge on any atom is 0.220 e. The zero-order valence-electron chi connectivity index (χ0n) is 60.4. The fourth-order valence-electron chi connectivity index (χ4n) is 12.7. The Balaban J connectivity index is 1.57. The highest BCUT2D eigenvalue weighted by molar-refractivity contribution is 5.76. The van der Waals surface area contributed by atoms with Crippen molar-refractivity contribution in [3.8, 4) is 0 Å². The number of unbranched alkanes of at least 4 members (excludes halogenated alkanes) is 40. The Bertz CT molecular complexity index is 1920. The molecule has 14 nitrogen and oxygen atoms in total. The Morgan fingerprint density at radius 3 is 1.12 bits per heavy atom. The van der Waals surface area contributed by atoms with Crippen LogP contribution < -0.4 is 5.32 Å². The van der Waals surface area contributed by atoms with E-state index in [0.29, 0.717) is 6.42 Å². The van der Waals surface area contributed by atoms with Crippen LogP contribution in [0.2, 0.25) is 0 Å². The zero-order valence-corrected chi connectivity index (χ0v) is 60.4. The second-order valence-corrected chi connectivity index (χ2v) is 27.5. The Morgan fingerprint density at radius 1 is 0.389 bits per heavy atom. The molecule has 0 aromatic carbocycles.